The van der Waals surface area contributed by atoms with Crippen molar-refractivity contribution in [3.63, 3.8) is 0 Å². The third-order valence-electron chi connectivity index (χ3n) is 1.91. The summed E-state index contributed by atoms with van der Waals surface area (Å²) in [6.45, 7) is 0. The standard InChI is InChI=1S/C10H9NO3/c1-13-7-2-3-8-9(6-7)14-5-4-11-10(8)12/h2-6H,1H3,(H,11,12). The largest absolute Gasteiger partial charge is 0.497 e. The molecule has 1 aliphatic rings. The maximum absolute atomic E-state index is 11.4. The number of ether oxygens (including phenoxy) is 2. The summed E-state index contributed by atoms with van der Waals surface area (Å²) in [6.07, 6.45) is 2.87. The van der Waals surface area contributed by atoms with Gasteiger partial charge >= 0.3 is 0 Å². The van der Waals surface area contributed by atoms with E-state index < -0.39 is 0 Å². The van der Waals surface area contributed by atoms with Gasteiger partial charge in [0.15, 0.2) is 0 Å². The molecule has 0 spiro atoms. The molecule has 0 unspecified atom stereocenters. The van der Waals surface area contributed by atoms with Gasteiger partial charge in [-0.2, -0.15) is 0 Å². The first-order valence-electron chi connectivity index (χ1n) is 4.12. The minimum Gasteiger partial charge on any atom is -0.497 e. The molecule has 0 fully saturated rings. The molecule has 1 N–H and O–H groups in total. The van der Waals surface area contributed by atoms with Crippen LogP contribution in [0.1, 0.15) is 10.4 Å². The van der Waals surface area contributed by atoms with E-state index in [4.69, 9.17) is 9.47 Å². The molecule has 2 rings (SSSR count). The molecular formula is C10H9NO3. The molecule has 0 radical (unpaired) electrons. The summed E-state index contributed by atoms with van der Waals surface area (Å²) >= 11 is 0. The SMILES string of the molecule is COc1ccc2c(c1)OC=CNC2=O. The Hall–Kier alpha value is -1.97. The van der Waals surface area contributed by atoms with Crippen molar-refractivity contribution in [2.45, 2.75) is 0 Å². The van der Waals surface area contributed by atoms with Gasteiger partial charge in [0.1, 0.15) is 17.8 Å². The van der Waals surface area contributed by atoms with Crippen LogP contribution in [0.4, 0.5) is 0 Å². The predicted octanol–water partition coefficient (Wildman–Crippen LogP) is 1.29. The summed E-state index contributed by atoms with van der Waals surface area (Å²) in [7, 11) is 1.56. The molecule has 72 valence electrons. The van der Waals surface area contributed by atoms with E-state index in [0.717, 1.165) is 0 Å². The van der Waals surface area contributed by atoms with E-state index in [2.05, 4.69) is 5.32 Å². The van der Waals surface area contributed by atoms with Gasteiger partial charge in [0.25, 0.3) is 5.91 Å². The molecule has 0 bridgehead atoms. The number of hydrogen-bond acceptors (Lipinski definition) is 3. The topological polar surface area (TPSA) is 47.6 Å². The number of fused-ring (bicyclic) bond motifs is 1. The zero-order chi connectivity index (χ0) is 9.97. The van der Waals surface area contributed by atoms with E-state index >= 15 is 0 Å². The number of amides is 1. The van der Waals surface area contributed by atoms with Crippen molar-refractivity contribution in [1.29, 1.82) is 0 Å². The van der Waals surface area contributed by atoms with Crippen molar-refractivity contribution in [3.05, 3.63) is 36.2 Å². The summed E-state index contributed by atoms with van der Waals surface area (Å²) in [5.74, 6) is 0.971. The monoisotopic (exact) mass is 191 g/mol. The summed E-state index contributed by atoms with van der Waals surface area (Å²) in [5.41, 5.74) is 0.496. The molecule has 1 aromatic rings. The van der Waals surface area contributed by atoms with Crippen LogP contribution in [0.15, 0.2) is 30.7 Å². The molecular weight excluding hydrogens is 182 g/mol. The van der Waals surface area contributed by atoms with Crippen LogP contribution in [0.3, 0.4) is 0 Å². The summed E-state index contributed by atoms with van der Waals surface area (Å²) < 4.78 is 10.2. The van der Waals surface area contributed by atoms with Crippen molar-refractivity contribution >= 4 is 5.91 Å². The molecule has 14 heavy (non-hydrogen) atoms. The second kappa shape index (κ2) is 3.41. The molecule has 0 aliphatic carbocycles. The van der Waals surface area contributed by atoms with Gasteiger partial charge < -0.3 is 14.8 Å². The summed E-state index contributed by atoms with van der Waals surface area (Å²) in [4.78, 5) is 11.4. The highest BCUT2D eigenvalue weighted by Gasteiger charge is 2.14. The molecule has 1 heterocycles. The van der Waals surface area contributed by atoms with Gasteiger partial charge in [0.05, 0.1) is 12.7 Å². The first kappa shape index (κ1) is 8.62. The molecule has 0 saturated carbocycles. The first-order chi connectivity index (χ1) is 6.81. The quantitative estimate of drug-likeness (QED) is 0.727. The van der Waals surface area contributed by atoms with E-state index in [-0.39, 0.29) is 5.91 Å². The third-order valence-corrected chi connectivity index (χ3v) is 1.91. The van der Waals surface area contributed by atoms with Crippen LogP contribution >= 0.6 is 0 Å². The highest BCUT2D eigenvalue weighted by Crippen LogP contribution is 2.25. The Kier molecular flexibility index (Phi) is 2.10. The molecule has 1 aromatic carbocycles. The van der Waals surface area contributed by atoms with E-state index in [9.17, 15) is 4.79 Å². The lowest BCUT2D eigenvalue weighted by atomic mass is 10.2. The minimum absolute atomic E-state index is 0.184. The Morgan fingerprint density at radius 1 is 1.43 bits per heavy atom. The molecule has 4 heteroatoms. The van der Waals surface area contributed by atoms with Crippen LogP contribution < -0.4 is 14.8 Å². The third kappa shape index (κ3) is 1.42. The fourth-order valence-corrected chi connectivity index (χ4v) is 1.21. The van der Waals surface area contributed by atoms with Gasteiger partial charge in [-0.25, -0.2) is 0 Å². The molecule has 1 amide bonds. The maximum atomic E-state index is 11.4. The van der Waals surface area contributed by atoms with Crippen molar-refractivity contribution in [2.24, 2.45) is 0 Å². The van der Waals surface area contributed by atoms with E-state index in [1.165, 1.54) is 12.5 Å². The number of methoxy groups -OCH3 is 1. The number of hydrogen-bond donors (Lipinski definition) is 1. The summed E-state index contributed by atoms with van der Waals surface area (Å²) in [5, 5.41) is 2.55. The number of nitrogens with one attached hydrogen (secondary N) is 1. The van der Waals surface area contributed by atoms with Gasteiger partial charge in [-0.1, -0.05) is 0 Å². The van der Waals surface area contributed by atoms with E-state index in [1.54, 1.807) is 25.3 Å². The Labute approximate surface area is 81.1 Å². The minimum atomic E-state index is -0.184. The second-order valence-corrected chi connectivity index (χ2v) is 2.76. The van der Waals surface area contributed by atoms with Gasteiger partial charge in [0.2, 0.25) is 0 Å². The van der Waals surface area contributed by atoms with Gasteiger partial charge in [-0.3, -0.25) is 4.79 Å². The summed E-state index contributed by atoms with van der Waals surface area (Å²) in [6, 6.07) is 5.05. The fraction of sp³-hybridized carbons (Fsp3) is 0.100. The van der Waals surface area contributed by atoms with Crippen LogP contribution in [-0.4, -0.2) is 13.0 Å². The Morgan fingerprint density at radius 2 is 2.29 bits per heavy atom. The Bertz CT molecular complexity index is 398. The molecule has 0 atom stereocenters. The van der Waals surface area contributed by atoms with Gasteiger partial charge in [0, 0.05) is 12.3 Å². The Balaban J connectivity index is 2.48. The van der Waals surface area contributed by atoms with Crippen LogP contribution in [-0.2, 0) is 0 Å². The van der Waals surface area contributed by atoms with E-state index in [1.807, 2.05) is 0 Å². The first-order valence-corrected chi connectivity index (χ1v) is 4.12. The number of benzene rings is 1. The smallest absolute Gasteiger partial charge is 0.259 e. The lowest BCUT2D eigenvalue weighted by Gasteiger charge is -2.06. The normalized spacial score (nSPS) is 13.6. The van der Waals surface area contributed by atoms with E-state index in [0.29, 0.717) is 17.1 Å². The lowest BCUT2D eigenvalue weighted by Crippen LogP contribution is -2.15. The maximum Gasteiger partial charge on any atom is 0.259 e. The van der Waals surface area contributed by atoms with Crippen molar-refractivity contribution in [1.82, 2.24) is 5.32 Å². The van der Waals surface area contributed by atoms with Crippen molar-refractivity contribution < 1.29 is 14.3 Å². The number of carbonyl (C=O) groups is 1. The van der Waals surface area contributed by atoms with Crippen LogP contribution in [0.2, 0.25) is 0 Å². The zero-order valence-corrected chi connectivity index (χ0v) is 7.61. The van der Waals surface area contributed by atoms with Crippen LogP contribution in [0.5, 0.6) is 11.5 Å². The van der Waals surface area contributed by atoms with Crippen molar-refractivity contribution in [2.75, 3.05) is 7.11 Å². The average molecular weight is 191 g/mol. The van der Waals surface area contributed by atoms with Crippen molar-refractivity contribution in [3.8, 4) is 11.5 Å². The predicted molar refractivity (Wildman–Crippen MR) is 50.2 cm³/mol. The van der Waals surface area contributed by atoms with Gasteiger partial charge in [-0.05, 0) is 12.1 Å². The Morgan fingerprint density at radius 3 is 3.07 bits per heavy atom. The molecule has 0 saturated heterocycles. The van der Waals surface area contributed by atoms with Gasteiger partial charge in [-0.15, -0.1) is 0 Å². The number of rotatable bonds is 1. The zero-order valence-electron chi connectivity index (χ0n) is 7.61. The molecule has 1 aliphatic heterocycles. The second-order valence-electron chi connectivity index (χ2n) is 2.76. The number of carbonyl (C=O) groups excluding carboxylic acids is 1. The van der Waals surface area contributed by atoms with Crippen LogP contribution in [0, 0.1) is 0 Å². The fourth-order valence-electron chi connectivity index (χ4n) is 1.21. The lowest BCUT2D eigenvalue weighted by molar-refractivity contribution is 0.0970. The van der Waals surface area contributed by atoms with Crippen LogP contribution in [0.25, 0.3) is 0 Å². The molecule has 0 aromatic heterocycles. The molecule has 4 nitrogen and oxygen atoms in total. The highest BCUT2D eigenvalue weighted by molar-refractivity contribution is 5.98. The highest BCUT2D eigenvalue weighted by atomic mass is 16.5. The average Bonchev–Trinajstić information content (AvgIpc) is 2.40.